The van der Waals surface area contributed by atoms with Crippen molar-refractivity contribution in [1.29, 1.82) is 0 Å². The van der Waals surface area contributed by atoms with Gasteiger partial charge >= 0.3 is 0 Å². The van der Waals surface area contributed by atoms with Gasteiger partial charge in [-0.3, -0.25) is 0 Å². The van der Waals surface area contributed by atoms with Crippen molar-refractivity contribution in [1.82, 2.24) is 0 Å². The van der Waals surface area contributed by atoms with Gasteiger partial charge in [-0.2, -0.15) is 0 Å². The standard InChI is InChI=1S/C29H32O2/c1-2-29(31)17-16-25-24-15-14-21-19-28(30)22(11-6-10-20-8-4-3-5-9-20)18-26(21)23(24)12-7-13-27(25)29/h1,3-6,8-10,18-19,23-25,27,30-31H,7,11-17H2/b10-6+/t23-,24+,25-,27?,29-/m0/s1. The van der Waals surface area contributed by atoms with Gasteiger partial charge in [0, 0.05) is 5.92 Å². The van der Waals surface area contributed by atoms with Gasteiger partial charge in [-0.25, -0.2) is 0 Å². The normalized spacial score (nSPS) is 32.0. The number of phenolic OH excluding ortho intramolecular Hbond substituents is 1. The zero-order valence-corrected chi connectivity index (χ0v) is 18.1. The van der Waals surface area contributed by atoms with Gasteiger partial charge < -0.3 is 10.2 Å². The molecule has 0 bridgehead atoms. The molecule has 5 rings (SSSR count). The molecule has 0 spiro atoms. The summed E-state index contributed by atoms with van der Waals surface area (Å²) >= 11 is 0. The van der Waals surface area contributed by atoms with E-state index in [0.717, 1.165) is 56.9 Å². The minimum atomic E-state index is -0.901. The maximum absolute atomic E-state index is 11.0. The van der Waals surface area contributed by atoms with E-state index < -0.39 is 5.60 Å². The van der Waals surface area contributed by atoms with Crippen LogP contribution in [-0.2, 0) is 12.8 Å². The molecule has 2 nitrogen and oxygen atoms in total. The Labute approximate surface area is 186 Å². The lowest BCUT2D eigenvalue weighted by Crippen LogP contribution is -2.36. The monoisotopic (exact) mass is 412 g/mol. The van der Waals surface area contributed by atoms with Crippen LogP contribution in [0.25, 0.3) is 6.08 Å². The number of fused-ring (bicyclic) bond motifs is 5. The van der Waals surface area contributed by atoms with E-state index in [4.69, 9.17) is 6.42 Å². The van der Waals surface area contributed by atoms with Crippen molar-refractivity contribution in [2.45, 2.75) is 62.9 Å². The summed E-state index contributed by atoms with van der Waals surface area (Å²) in [6.07, 6.45) is 18.0. The predicted octanol–water partition coefficient (Wildman–Crippen LogP) is 5.87. The quantitative estimate of drug-likeness (QED) is 0.619. The Morgan fingerprint density at radius 2 is 1.90 bits per heavy atom. The van der Waals surface area contributed by atoms with Crippen LogP contribution in [-0.4, -0.2) is 15.8 Å². The summed E-state index contributed by atoms with van der Waals surface area (Å²) in [5.74, 6) is 5.07. The Morgan fingerprint density at radius 1 is 1.06 bits per heavy atom. The largest absolute Gasteiger partial charge is 0.508 e. The molecule has 0 aliphatic heterocycles. The number of rotatable bonds is 3. The van der Waals surface area contributed by atoms with Crippen LogP contribution in [0.3, 0.4) is 0 Å². The van der Waals surface area contributed by atoms with E-state index in [1.54, 1.807) is 0 Å². The molecular formula is C29H32O2. The summed E-state index contributed by atoms with van der Waals surface area (Å²) in [4.78, 5) is 0. The maximum Gasteiger partial charge on any atom is 0.128 e. The molecule has 3 aliphatic rings. The molecule has 0 amide bonds. The minimum Gasteiger partial charge on any atom is -0.508 e. The van der Waals surface area contributed by atoms with Gasteiger partial charge in [-0.05, 0) is 91.0 Å². The molecule has 2 aromatic carbocycles. The third-order valence-corrected chi connectivity index (χ3v) is 8.27. The second-order valence-corrected chi connectivity index (χ2v) is 9.81. The van der Waals surface area contributed by atoms with Crippen molar-refractivity contribution in [2.75, 3.05) is 0 Å². The second-order valence-electron chi connectivity index (χ2n) is 9.81. The zero-order chi connectivity index (χ0) is 21.4. The third kappa shape index (κ3) is 3.70. The fraction of sp³-hybridized carbons (Fsp3) is 0.448. The number of hydrogen-bond donors (Lipinski definition) is 2. The maximum atomic E-state index is 11.0. The first-order chi connectivity index (χ1) is 15.1. The fourth-order valence-electron chi connectivity index (χ4n) is 6.77. The van der Waals surface area contributed by atoms with Crippen molar-refractivity contribution in [2.24, 2.45) is 17.8 Å². The highest BCUT2D eigenvalue weighted by atomic mass is 16.3. The second kappa shape index (κ2) is 8.21. The first kappa shape index (κ1) is 20.4. The topological polar surface area (TPSA) is 40.5 Å². The molecule has 0 aromatic heterocycles. The van der Waals surface area contributed by atoms with Crippen molar-refractivity contribution in [3.05, 3.63) is 70.8 Å². The summed E-state index contributed by atoms with van der Waals surface area (Å²) in [6.45, 7) is 0. The van der Waals surface area contributed by atoms with Crippen LogP contribution in [0.15, 0.2) is 48.5 Å². The van der Waals surface area contributed by atoms with Gasteiger partial charge in [0.05, 0.1) is 0 Å². The lowest BCUT2D eigenvalue weighted by atomic mass is 9.66. The summed E-state index contributed by atoms with van der Waals surface area (Å²) in [6, 6.07) is 14.6. The number of terminal acetylenes is 1. The highest BCUT2D eigenvalue weighted by Crippen LogP contribution is 2.56. The molecule has 2 heteroatoms. The zero-order valence-electron chi connectivity index (χ0n) is 18.1. The number of aryl methyl sites for hydroxylation is 1. The molecular weight excluding hydrogens is 380 g/mol. The van der Waals surface area contributed by atoms with Gasteiger partial charge in [-0.1, -0.05) is 60.9 Å². The fourth-order valence-corrected chi connectivity index (χ4v) is 6.77. The van der Waals surface area contributed by atoms with Crippen molar-refractivity contribution >= 4 is 6.08 Å². The average Bonchev–Trinajstić information content (AvgIpc) is 2.99. The first-order valence-corrected chi connectivity index (χ1v) is 11.9. The summed E-state index contributed by atoms with van der Waals surface area (Å²) in [7, 11) is 0. The van der Waals surface area contributed by atoms with Crippen LogP contribution < -0.4 is 0 Å². The van der Waals surface area contributed by atoms with Gasteiger partial charge in [0.1, 0.15) is 11.4 Å². The van der Waals surface area contributed by atoms with Crippen LogP contribution in [0.4, 0.5) is 0 Å². The van der Waals surface area contributed by atoms with Crippen LogP contribution in [0.5, 0.6) is 5.75 Å². The van der Waals surface area contributed by atoms with Crippen LogP contribution in [0, 0.1) is 30.1 Å². The predicted molar refractivity (Wildman–Crippen MR) is 126 cm³/mol. The Morgan fingerprint density at radius 3 is 2.71 bits per heavy atom. The Bertz CT molecular complexity index is 1020. The van der Waals surface area contributed by atoms with E-state index in [1.807, 2.05) is 24.3 Å². The van der Waals surface area contributed by atoms with E-state index in [0.29, 0.717) is 23.5 Å². The molecule has 1 unspecified atom stereocenters. The van der Waals surface area contributed by atoms with E-state index in [9.17, 15) is 10.2 Å². The number of hydrogen-bond acceptors (Lipinski definition) is 2. The van der Waals surface area contributed by atoms with Gasteiger partial charge in [-0.15, -0.1) is 6.42 Å². The number of phenols is 1. The van der Waals surface area contributed by atoms with Gasteiger partial charge in [0.15, 0.2) is 0 Å². The average molecular weight is 413 g/mol. The molecule has 5 atom stereocenters. The smallest absolute Gasteiger partial charge is 0.128 e. The van der Waals surface area contributed by atoms with Crippen molar-refractivity contribution in [3.63, 3.8) is 0 Å². The molecule has 0 heterocycles. The van der Waals surface area contributed by atoms with Crippen molar-refractivity contribution in [3.8, 4) is 18.1 Å². The minimum absolute atomic E-state index is 0.249. The Balaban J connectivity index is 1.41. The number of aromatic hydroxyl groups is 1. The van der Waals surface area contributed by atoms with Crippen LogP contribution in [0.1, 0.15) is 66.7 Å². The molecule has 160 valence electrons. The molecule has 2 saturated carbocycles. The highest BCUT2D eigenvalue weighted by Gasteiger charge is 2.51. The third-order valence-electron chi connectivity index (χ3n) is 8.27. The Hall–Kier alpha value is -2.50. The summed E-state index contributed by atoms with van der Waals surface area (Å²) in [5, 5.41) is 21.7. The van der Waals surface area contributed by atoms with E-state index in [2.05, 4.69) is 36.3 Å². The number of allylic oxidation sites excluding steroid dienone is 1. The molecule has 31 heavy (non-hydrogen) atoms. The molecule has 2 N–H and O–H groups in total. The summed E-state index contributed by atoms with van der Waals surface area (Å²) in [5.41, 5.74) is 4.05. The number of aliphatic hydroxyl groups is 1. The molecule has 0 saturated heterocycles. The SMILES string of the molecule is C#C[C@]1(O)CC[C@@H]2C1CCC[C@@H]1c3cc(C/C=C/c4ccccc4)c(O)cc3CC[C@H]12. The molecule has 0 radical (unpaired) electrons. The van der Waals surface area contributed by atoms with E-state index in [-0.39, 0.29) is 5.92 Å². The lowest BCUT2D eigenvalue weighted by Gasteiger charge is -2.38. The highest BCUT2D eigenvalue weighted by molar-refractivity contribution is 5.51. The molecule has 2 fully saturated rings. The van der Waals surface area contributed by atoms with E-state index >= 15 is 0 Å². The van der Waals surface area contributed by atoms with Crippen LogP contribution in [0.2, 0.25) is 0 Å². The molecule has 2 aromatic rings. The first-order valence-electron chi connectivity index (χ1n) is 11.9. The Kier molecular flexibility index (Phi) is 5.40. The van der Waals surface area contributed by atoms with Crippen molar-refractivity contribution < 1.29 is 10.2 Å². The molecule has 3 aliphatic carbocycles. The van der Waals surface area contributed by atoms with Gasteiger partial charge in [0.2, 0.25) is 0 Å². The van der Waals surface area contributed by atoms with Crippen LogP contribution >= 0.6 is 0 Å². The van der Waals surface area contributed by atoms with Gasteiger partial charge in [0.25, 0.3) is 0 Å². The summed E-state index contributed by atoms with van der Waals surface area (Å²) < 4.78 is 0. The lowest BCUT2D eigenvalue weighted by molar-refractivity contribution is 0.0364. The number of benzene rings is 2. The van der Waals surface area contributed by atoms with E-state index in [1.165, 1.54) is 16.7 Å².